The number of anilines is 1. The van der Waals surface area contributed by atoms with Crippen molar-refractivity contribution in [1.82, 2.24) is 4.98 Å². The summed E-state index contributed by atoms with van der Waals surface area (Å²) >= 11 is 2.70. The number of thioether (sulfide) groups is 1. The molecule has 3 rings (SSSR count). The lowest BCUT2D eigenvalue weighted by atomic mass is 10.0. The van der Waals surface area contributed by atoms with Crippen LogP contribution in [0.1, 0.15) is 35.7 Å². The van der Waals surface area contributed by atoms with Crippen LogP contribution in [-0.4, -0.2) is 22.1 Å². The largest absolute Gasteiger partial charge is 0.298 e. The first-order chi connectivity index (χ1) is 13.4. The topological polar surface area (TPSA) is 85.1 Å². The number of nitro groups is 1. The molecule has 28 heavy (non-hydrogen) atoms. The van der Waals surface area contributed by atoms with Gasteiger partial charge < -0.3 is 0 Å². The Hall–Kier alpha value is -2.71. The molecule has 0 aliphatic rings. The number of hydrogen-bond acceptors (Lipinski definition) is 6. The smallest absolute Gasteiger partial charge is 0.282 e. The normalized spacial score (nSPS) is 10.9. The fraction of sp³-hybridized carbons (Fsp3) is 0.200. The van der Waals surface area contributed by atoms with Gasteiger partial charge in [-0.05, 0) is 29.9 Å². The third-order valence-electron chi connectivity index (χ3n) is 4.24. The van der Waals surface area contributed by atoms with E-state index in [-0.39, 0.29) is 11.3 Å². The number of hydrogen-bond donors (Lipinski definition) is 1. The van der Waals surface area contributed by atoms with Crippen LogP contribution in [0, 0.1) is 10.1 Å². The van der Waals surface area contributed by atoms with Crippen molar-refractivity contribution in [2.75, 3.05) is 11.6 Å². The summed E-state index contributed by atoms with van der Waals surface area (Å²) in [5.41, 5.74) is 2.75. The minimum Gasteiger partial charge on any atom is -0.298 e. The van der Waals surface area contributed by atoms with Crippen LogP contribution in [0.25, 0.3) is 11.3 Å². The number of thiazole rings is 1. The van der Waals surface area contributed by atoms with Crippen LogP contribution in [0.4, 0.5) is 10.8 Å². The number of carbonyl (C=O) groups excluding carboxylic acids is 1. The van der Waals surface area contributed by atoms with Gasteiger partial charge >= 0.3 is 0 Å². The molecule has 1 aromatic heterocycles. The Kier molecular flexibility index (Phi) is 6.11. The molecule has 0 bridgehead atoms. The molecule has 6 nitrogen and oxygen atoms in total. The Morgan fingerprint density at radius 1 is 1.21 bits per heavy atom. The van der Waals surface area contributed by atoms with Gasteiger partial charge in [0.05, 0.1) is 10.6 Å². The molecular weight excluding hydrogens is 394 g/mol. The van der Waals surface area contributed by atoms with Crippen LogP contribution in [-0.2, 0) is 0 Å². The fourth-order valence-electron chi connectivity index (χ4n) is 2.65. The van der Waals surface area contributed by atoms with Gasteiger partial charge in [0.1, 0.15) is 5.56 Å². The summed E-state index contributed by atoms with van der Waals surface area (Å²) in [5.74, 6) is -0.0918. The van der Waals surface area contributed by atoms with Crippen molar-refractivity contribution >= 4 is 39.8 Å². The molecule has 1 amide bonds. The van der Waals surface area contributed by atoms with Gasteiger partial charge in [-0.2, -0.15) is 0 Å². The van der Waals surface area contributed by atoms with Crippen LogP contribution in [0.3, 0.4) is 0 Å². The van der Waals surface area contributed by atoms with Crippen molar-refractivity contribution in [3.05, 3.63) is 69.1 Å². The third-order valence-corrected chi connectivity index (χ3v) is 5.73. The van der Waals surface area contributed by atoms with Gasteiger partial charge in [-0.1, -0.05) is 38.1 Å². The first-order valence-corrected chi connectivity index (χ1v) is 10.7. The highest BCUT2D eigenvalue weighted by Crippen LogP contribution is 2.29. The van der Waals surface area contributed by atoms with E-state index in [0.29, 0.717) is 11.0 Å². The highest BCUT2D eigenvalue weighted by Gasteiger charge is 2.21. The lowest BCUT2D eigenvalue weighted by Crippen LogP contribution is -2.14. The van der Waals surface area contributed by atoms with E-state index in [2.05, 4.69) is 36.3 Å². The minimum atomic E-state index is -0.553. The first kappa shape index (κ1) is 20.0. The number of nitrogens with one attached hydrogen (secondary N) is 1. The van der Waals surface area contributed by atoms with Crippen molar-refractivity contribution in [3.63, 3.8) is 0 Å². The maximum absolute atomic E-state index is 12.6. The average Bonchev–Trinajstić information content (AvgIpc) is 3.15. The van der Waals surface area contributed by atoms with Crippen LogP contribution >= 0.6 is 23.1 Å². The summed E-state index contributed by atoms with van der Waals surface area (Å²) < 4.78 is 0. The number of carbonyl (C=O) groups is 1. The van der Waals surface area contributed by atoms with Crippen molar-refractivity contribution in [2.24, 2.45) is 0 Å². The first-order valence-electron chi connectivity index (χ1n) is 8.58. The summed E-state index contributed by atoms with van der Waals surface area (Å²) in [6.07, 6.45) is 1.85. The van der Waals surface area contributed by atoms with Crippen LogP contribution < -0.4 is 5.32 Å². The van der Waals surface area contributed by atoms with Gasteiger partial charge in [-0.3, -0.25) is 20.2 Å². The van der Waals surface area contributed by atoms with Crippen LogP contribution in [0.2, 0.25) is 0 Å². The third kappa shape index (κ3) is 4.40. The number of benzene rings is 2. The van der Waals surface area contributed by atoms with Gasteiger partial charge in [0.25, 0.3) is 11.6 Å². The molecule has 0 aliphatic carbocycles. The lowest BCUT2D eigenvalue weighted by molar-refractivity contribution is -0.385. The molecule has 1 heterocycles. The van der Waals surface area contributed by atoms with E-state index < -0.39 is 10.8 Å². The van der Waals surface area contributed by atoms with Gasteiger partial charge in [0.15, 0.2) is 5.13 Å². The molecule has 0 saturated heterocycles. The summed E-state index contributed by atoms with van der Waals surface area (Å²) in [6, 6.07) is 12.6. The monoisotopic (exact) mass is 413 g/mol. The molecule has 0 spiro atoms. The Morgan fingerprint density at radius 3 is 2.54 bits per heavy atom. The molecule has 1 N–H and O–H groups in total. The summed E-state index contributed by atoms with van der Waals surface area (Å²) in [5, 5.41) is 16.2. The zero-order valence-corrected chi connectivity index (χ0v) is 17.3. The van der Waals surface area contributed by atoms with E-state index in [1.807, 2.05) is 23.8 Å². The highest BCUT2D eigenvalue weighted by atomic mass is 32.2. The van der Waals surface area contributed by atoms with Gasteiger partial charge in [-0.15, -0.1) is 23.1 Å². The number of rotatable bonds is 6. The van der Waals surface area contributed by atoms with Crippen molar-refractivity contribution < 1.29 is 9.72 Å². The number of nitro benzene ring substituents is 1. The molecule has 0 fully saturated rings. The standard InChI is InChI=1S/C20H19N3O3S2/c1-12(2)13-4-6-14(7-5-13)17-11-28-20(21-17)22-19(24)16-10-15(27-3)8-9-18(16)23(25)26/h4-12H,1-3H3,(H,21,22,24). The van der Waals surface area contributed by atoms with E-state index in [9.17, 15) is 14.9 Å². The van der Waals surface area contributed by atoms with E-state index in [4.69, 9.17) is 0 Å². The van der Waals surface area contributed by atoms with Gasteiger partial charge in [-0.25, -0.2) is 4.98 Å². The predicted octanol–water partition coefficient (Wildman–Crippen LogP) is 5.82. The van der Waals surface area contributed by atoms with E-state index in [0.717, 1.165) is 16.2 Å². The van der Waals surface area contributed by atoms with Crippen molar-refractivity contribution in [1.29, 1.82) is 0 Å². The molecule has 0 unspecified atom stereocenters. The molecule has 2 aromatic carbocycles. The minimum absolute atomic E-state index is 0.0230. The molecule has 0 aliphatic heterocycles. The second kappa shape index (κ2) is 8.53. The Labute approximate surface area is 171 Å². The Morgan fingerprint density at radius 2 is 1.93 bits per heavy atom. The zero-order chi connectivity index (χ0) is 20.3. The second-order valence-corrected chi connectivity index (χ2v) is 8.15. The molecule has 8 heteroatoms. The molecule has 144 valence electrons. The van der Waals surface area contributed by atoms with Crippen LogP contribution in [0.5, 0.6) is 0 Å². The van der Waals surface area contributed by atoms with E-state index in [1.54, 1.807) is 6.07 Å². The van der Waals surface area contributed by atoms with Gasteiger partial charge in [0.2, 0.25) is 0 Å². The van der Waals surface area contributed by atoms with E-state index in [1.165, 1.54) is 40.8 Å². The Balaban J connectivity index is 1.82. The molecule has 0 saturated carbocycles. The molecule has 0 radical (unpaired) electrons. The fourth-order valence-corrected chi connectivity index (χ4v) is 3.80. The van der Waals surface area contributed by atoms with E-state index >= 15 is 0 Å². The van der Waals surface area contributed by atoms with Gasteiger partial charge in [0, 0.05) is 21.9 Å². The van der Waals surface area contributed by atoms with Crippen molar-refractivity contribution in [3.8, 4) is 11.3 Å². The maximum atomic E-state index is 12.6. The highest BCUT2D eigenvalue weighted by molar-refractivity contribution is 7.98. The summed E-state index contributed by atoms with van der Waals surface area (Å²) in [7, 11) is 0. The number of nitrogens with zero attached hydrogens (tertiary/aromatic N) is 2. The second-order valence-electron chi connectivity index (χ2n) is 6.41. The zero-order valence-electron chi connectivity index (χ0n) is 15.6. The summed E-state index contributed by atoms with van der Waals surface area (Å²) in [6.45, 7) is 4.27. The van der Waals surface area contributed by atoms with Crippen LogP contribution in [0.15, 0.2) is 52.7 Å². The quantitative estimate of drug-likeness (QED) is 0.313. The average molecular weight is 414 g/mol. The SMILES string of the molecule is CSc1ccc([N+](=O)[O-])c(C(=O)Nc2nc(-c3ccc(C(C)C)cc3)cs2)c1. The molecular formula is C20H19N3O3S2. The molecule has 0 atom stereocenters. The summed E-state index contributed by atoms with van der Waals surface area (Å²) in [4.78, 5) is 28.5. The van der Waals surface area contributed by atoms with Crippen molar-refractivity contribution in [2.45, 2.75) is 24.7 Å². The predicted molar refractivity (Wildman–Crippen MR) is 114 cm³/mol. The number of aromatic nitrogens is 1. The Bertz CT molecular complexity index is 1010. The molecule has 3 aromatic rings. The number of amides is 1. The lowest BCUT2D eigenvalue weighted by Gasteiger charge is -2.06. The maximum Gasteiger partial charge on any atom is 0.282 e.